The minimum Gasteiger partial charge on any atom is -0.359 e. The molecule has 35 heavy (non-hydrogen) atoms. The number of carbonyl (C=O) groups excluding carboxylic acids is 3. The highest BCUT2D eigenvalue weighted by Crippen LogP contribution is 2.55. The summed E-state index contributed by atoms with van der Waals surface area (Å²) in [7, 11) is 0. The van der Waals surface area contributed by atoms with Gasteiger partial charge in [0.05, 0.1) is 17.9 Å². The zero-order valence-electron chi connectivity index (χ0n) is 21.0. The number of hydrogen-bond acceptors (Lipinski definition) is 4. The normalized spacial score (nSPS) is 31.8. The van der Waals surface area contributed by atoms with Crippen LogP contribution in [0, 0.1) is 24.7 Å². The van der Waals surface area contributed by atoms with E-state index in [4.69, 9.17) is 4.74 Å². The molecule has 4 aliphatic rings. The van der Waals surface area contributed by atoms with Crippen molar-refractivity contribution in [2.24, 2.45) is 17.8 Å². The van der Waals surface area contributed by atoms with Gasteiger partial charge in [0.2, 0.25) is 17.7 Å². The van der Waals surface area contributed by atoms with Crippen molar-refractivity contribution in [3.8, 4) is 0 Å². The molecule has 3 aliphatic heterocycles. The van der Waals surface area contributed by atoms with Crippen LogP contribution in [0.5, 0.6) is 0 Å². The zero-order valence-corrected chi connectivity index (χ0v) is 21.0. The molecule has 0 unspecified atom stereocenters. The number of aryl methyl sites for hydroxylation is 1. The molecule has 5 rings (SSSR count). The molecule has 3 amide bonds. The van der Waals surface area contributed by atoms with Crippen molar-refractivity contribution in [1.29, 1.82) is 0 Å². The van der Waals surface area contributed by atoms with Gasteiger partial charge in [-0.3, -0.25) is 14.4 Å². The Morgan fingerprint density at radius 1 is 1.11 bits per heavy atom. The van der Waals surface area contributed by atoms with E-state index >= 15 is 0 Å². The van der Waals surface area contributed by atoms with Crippen LogP contribution in [0.4, 0.5) is 5.69 Å². The molecular weight excluding hydrogens is 442 g/mol. The minimum absolute atomic E-state index is 0.136. The molecule has 1 spiro atoms. The van der Waals surface area contributed by atoms with E-state index in [1.54, 1.807) is 4.90 Å². The van der Waals surface area contributed by atoms with Crippen molar-refractivity contribution >= 4 is 23.4 Å². The van der Waals surface area contributed by atoms with Crippen LogP contribution in [0.1, 0.15) is 57.9 Å². The molecule has 0 aromatic heterocycles. The maximum Gasteiger partial charge on any atom is 0.246 e. The average Bonchev–Trinajstić information content (AvgIpc) is 3.47. The summed E-state index contributed by atoms with van der Waals surface area (Å²) in [6.07, 6.45) is 9.39. The van der Waals surface area contributed by atoms with Gasteiger partial charge in [-0.05, 0) is 44.2 Å². The van der Waals surface area contributed by atoms with Gasteiger partial charge in [0.15, 0.2) is 0 Å². The summed E-state index contributed by atoms with van der Waals surface area (Å²) in [6.45, 7) is 6.68. The number of ether oxygens (including phenoxy) is 1. The minimum atomic E-state index is -1.09. The molecular formula is C28H37N3O4. The lowest BCUT2D eigenvalue weighted by Gasteiger charge is -2.34. The smallest absolute Gasteiger partial charge is 0.246 e. The Morgan fingerprint density at radius 2 is 1.83 bits per heavy atom. The van der Waals surface area contributed by atoms with Gasteiger partial charge in [0.1, 0.15) is 11.6 Å². The van der Waals surface area contributed by atoms with Crippen LogP contribution in [0.15, 0.2) is 36.4 Å². The number of likely N-dealkylation sites (tertiary alicyclic amines) is 1. The quantitative estimate of drug-likeness (QED) is 0.585. The lowest BCUT2D eigenvalue weighted by molar-refractivity contribution is -0.141. The van der Waals surface area contributed by atoms with Crippen molar-refractivity contribution < 1.29 is 19.1 Å². The topological polar surface area (TPSA) is 87.7 Å². The third-order valence-electron chi connectivity index (χ3n) is 8.14. The fourth-order valence-electron chi connectivity index (χ4n) is 6.29. The number of carbonyl (C=O) groups is 3. The van der Waals surface area contributed by atoms with Crippen molar-refractivity contribution in [2.75, 3.05) is 11.9 Å². The van der Waals surface area contributed by atoms with Gasteiger partial charge in [-0.2, -0.15) is 0 Å². The Balaban J connectivity index is 1.42. The molecule has 1 aliphatic carbocycles. The average molecular weight is 480 g/mol. The van der Waals surface area contributed by atoms with Gasteiger partial charge < -0.3 is 20.3 Å². The number of amides is 3. The highest BCUT2D eigenvalue weighted by molar-refractivity contribution is 6.02. The SMILES string of the molecule is Cc1ccc(NC(=O)[C@@H]2[C@H]3C=C[C@]4(O3)[C@H](C(=O)NC3CCCCC3)N(CCC(C)C)C(=O)[C@@H]24)cc1. The van der Waals surface area contributed by atoms with Crippen LogP contribution in [-0.4, -0.2) is 53.0 Å². The number of hydrogen-bond donors (Lipinski definition) is 2. The maximum absolute atomic E-state index is 13.9. The summed E-state index contributed by atoms with van der Waals surface area (Å²) < 4.78 is 6.41. The Morgan fingerprint density at radius 3 is 2.51 bits per heavy atom. The molecule has 2 bridgehead atoms. The summed E-state index contributed by atoms with van der Waals surface area (Å²) in [4.78, 5) is 42.7. The van der Waals surface area contributed by atoms with E-state index in [0.29, 0.717) is 18.2 Å². The van der Waals surface area contributed by atoms with Gasteiger partial charge in [-0.25, -0.2) is 0 Å². The lowest BCUT2D eigenvalue weighted by atomic mass is 9.74. The van der Waals surface area contributed by atoms with Crippen LogP contribution >= 0.6 is 0 Å². The molecule has 1 saturated carbocycles. The van der Waals surface area contributed by atoms with Crippen LogP contribution in [0.2, 0.25) is 0 Å². The van der Waals surface area contributed by atoms with Crippen molar-refractivity contribution in [1.82, 2.24) is 10.2 Å². The second kappa shape index (κ2) is 9.41. The summed E-state index contributed by atoms with van der Waals surface area (Å²) in [5.41, 5.74) is 0.703. The van der Waals surface area contributed by atoms with Crippen LogP contribution < -0.4 is 10.6 Å². The third kappa shape index (κ3) is 4.28. The Kier molecular flexibility index (Phi) is 6.47. The molecule has 1 aromatic carbocycles. The van der Waals surface area contributed by atoms with E-state index in [1.165, 1.54) is 6.42 Å². The summed E-state index contributed by atoms with van der Waals surface area (Å²) in [5, 5.41) is 6.21. The van der Waals surface area contributed by atoms with E-state index < -0.39 is 29.6 Å². The Hall–Kier alpha value is -2.67. The summed E-state index contributed by atoms with van der Waals surface area (Å²) >= 11 is 0. The first-order valence-corrected chi connectivity index (χ1v) is 13.2. The van der Waals surface area contributed by atoms with Crippen molar-refractivity contribution in [3.63, 3.8) is 0 Å². The number of nitrogens with zero attached hydrogens (tertiary/aromatic N) is 1. The molecule has 3 fully saturated rings. The summed E-state index contributed by atoms with van der Waals surface area (Å²) in [5.74, 6) is -1.51. The van der Waals surface area contributed by atoms with E-state index in [-0.39, 0.29) is 23.8 Å². The molecule has 7 nitrogen and oxygen atoms in total. The Bertz CT molecular complexity index is 1010. The molecule has 7 heteroatoms. The number of rotatable bonds is 7. The number of anilines is 1. The van der Waals surface area contributed by atoms with Crippen molar-refractivity contribution in [2.45, 2.75) is 83.1 Å². The fraction of sp³-hybridized carbons (Fsp3) is 0.607. The standard InChI is InChI=1S/C28H37N3O4/c1-17(2)14-16-31-24(26(33)30-19-7-5-4-6-8-19)28-15-13-21(35-28)22(23(28)27(31)34)25(32)29-20-11-9-18(3)10-12-20/h9-13,15,17,19,21-24H,4-8,14,16H2,1-3H3,(H,29,32)(H,30,33)/t21-,22-,23-,24+,28-/m1/s1. The van der Waals surface area contributed by atoms with Gasteiger partial charge >= 0.3 is 0 Å². The highest BCUT2D eigenvalue weighted by Gasteiger charge is 2.72. The summed E-state index contributed by atoms with van der Waals surface area (Å²) in [6, 6.07) is 6.98. The monoisotopic (exact) mass is 479 g/mol. The largest absolute Gasteiger partial charge is 0.359 e. The number of benzene rings is 1. The lowest BCUT2D eigenvalue weighted by Crippen LogP contribution is -2.56. The maximum atomic E-state index is 13.9. The second-order valence-corrected chi connectivity index (χ2v) is 11.1. The molecule has 188 valence electrons. The van der Waals surface area contributed by atoms with Gasteiger partial charge in [-0.15, -0.1) is 0 Å². The van der Waals surface area contributed by atoms with Gasteiger partial charge in [0, 0.05) is 18.3 Å². The fourth-order valence-corrected chi connectivity index (χ4v) is 6.29. The van der Waals surface area contributed by atoms with Crippen LogP contribution in [-0.2, 0) is 19.1 Å². The molecule has 5 atom stereocenters. The van der Waals surface area contributed by atoms with E-state index in [9.17, 15) is 14.4 Å². The van der Waals surface area contributed by atoms with Gasteiger partial charge in [-0.1, -0.05) is 63.0 Å². The second-order valence-electron chi connectivity index (χ2n) is 11.1. The molecule has 1 aromatic rings. The van der Waals surface area contributed by atoms with Crippen LogP contribution in [0.25, 0.3) is 0 Å². The van der Waals surface area contributed by atoms with Gasteiger partial charge in [0.25, 0.3) is 0 Å². The number of nitrogens with one attached hydrogen (secondary N) is 2. The van der Waals surface area contributed by atoms with E-state index in [1.807, 2.05) is 43.3 Å². The molecule has 3 heterocycles. The van der Waals surface area contributed by atoms with Crippen molar-refractivity contribution in [3.05, 3.63) is 42.0 Å². The molecule has 2 saturated heterocycles. The molecule has 0 radical (unpaired) electrons. The third-order valence-corrected chi connectivity index (χ3v) is 8.14. The van der Waals surface area contributed by atoms with E-state index in [2.05, 4.69) is 24.5 Å². The predicted molar refractivity (Wildman–Crippen MR) is 134 cm³/mol. The van der Waals surface area contributed by atoms with Crippen LogP contribution in [0.3, 0.4) is 0 Å². The number of fused-ring (bicyclic) bond motifs is 1. The Labute approximate surface area is 207 Å². The first-order valence-electron chi connectivity index (χ1n) is 13.2. The first-order chi connectivity index (χ1) is 16.8. The predicted octanol–water partition coefficient (Wildman–Crippen LogP) is 3.58. The first kappa shape index (κ1) is 24.0. The highest BCUT2D eigenvalue weighted by atomic mass is 16.5. The zero-order chi connectivity index (χ0) is 24.7. The van der Waals surface area contributed by atoms with E-state index in [0.717, 1.165) is 37.7 Å². The molecule has 2 N–H and O–H groups in total.